The molecule has 0 bridgehead atoms. The van der Waals surface area contributed by atoms with Crippen LogP contribution in [0.15, 0.2) is 48.5 Å². The van der Waals surface area contributed by atoms with Gasteiger partial charge in [-0.05, 0) is 48.2 Å². The van der Waals surface area contributed by atoms with Gasteiger partial charge in [0.05, 0.1) is 11.1 Å². The lowest BCUT2D eigenvalue weighted by molar-refractivity contribution is 0.0686. The van der Waals surface area contributed by atoms with Crippen molar-refractivity contribution < 1.29 is 19.8 Å². The van der Waals surface area contributed by atoms with Crippen molar-refractivity contribution in [3.8, 4) is 0 Å². The first-order valence-electron chi connectivity index (χ1n) is 8.21. The number of benzene rings is 2. The molecule has 2 aromatic carbocycles. The maximum absolute atomic E-state index is 11.1. The van der Waals surface area contributed by atoms with E-state index in [1.54, 1.807) is 24.3 Å². The van der Waals surface area contributed by atoms with Crippen LogP contribution in [0.5, 0.6) is 0 Å². The Morgan fingerprint density at radius 2 is 1.04 bits per heavy atom. The van der Waals surface area contributed by atoms with Crippen LogP contribution >= 0.6 is 0 Å². The van der Waals surface area contributed by atoms with E-state index in [4.69, 9.17) is 10.2 Å². The van der Waals surface area contributed by atoms with E-state index in [0.717, 1.165) is 36.8 Å². The Hall–Kier alpha value is -2.62. The van der Waals surface area contributed by atoms with Gasteiger partial charge in [0.25, 0.3) is 0 Å². The second-order valence-corrected chi connectivity index (χ2v) is 6.41. The highest BCUT2D eigenvalue weighted by Gasteiger charge is 2.35. The molecule has 4 heteroatoms. The van der Waals surface area contributed by atoms with Crippen LogP contribution < -0.4 is 0 Å². The van der Waals surface area contributed by atoms with Crippen molar-refractivity contribution in [3.63, 3.8) is 0 Å². The largest absolute Gasteiger partial charge is 0.478 e. The molecule has 0 spiro atoms. The lowest BCUT2D eigenvalue weighted by atomic mass is 9.65. The standard InChI is InChI=1S/C20H20O4/c21-18(22)14-4-8-16(9-5-14)20(12-2-1-3-13-20)17-10-6-15(7-11-17)19(23)24/h4-11H,1-3,12-13H2,(H,21,22)(H,23,24). The zero-order chi connectivity index (χ0) is 17.2. The fraction of sp³-hybridized carbons (Fsp3) is 0.300. The normalized spacial score (nSPS) is 16.5. The summed E-state index contributed by atoms with van der Waals surface area (Å²) in [5.74, 6) is -1.85. The maximum atomic E-state index is 11.1. The van der Waals surface area contributed by atoms with Gasteiger partial charge in [-0.3, -0.25) is 0 Å². The molecule has 24 heavy (non-hydrogen) atoms. The second-order valence-electron chi connectivity index (χ2n) is 6.41. The van der Waals surface area contributed by atoms with E-state index in [1.807, 2.05) is 24.3 Å². The van der Waals surface area contributed by atoms with Crippen LogP contribution in [-0.4, -0.2) is 22.2 Å². The monoisotopic (exact) mass is 324 g/mol. The van der Waals surface area contributed by atoms with Crippen LogP contribution in [-0.2, 0) is 5.41 Å². The molecule has 1 saturated carbocycles. The molecular formula is C20H20O4. The van der Waals surface area contributed by atoms with Crippen LogP contribution in [0, 0.1) is 0 Å². The molecule has 2 aromatic rings. The Labute approximate surface area is 140 Å². The van der Waals surface area contributed by atoms with E-state index in [1.165, 1.54) is 6.42 Å². The van der Waals surface area contributed by atoms with Gasteiger partial charge >= 0.3 is 11.9 Å². The van der Waals surface area contributed by atoms with Gasteiger partial charge in [-0.25, -0.2) is 9.59 Å². The number of aromatic carboxylic acids is 2. The molecule has 1 aliphatic carbocycles. The van der Waals surface area contributed by atoms with Gasteiger partial charge in [0.1, 0.15) is 0 Å². The smallest absolute Gasteiger partial charge is 0.335 e. The fourth-order valence-electron chi connectivity index (χ4n) is 3.76. The SMILES string of the molecule is O=C(O)c1ccc(C2(c3ccc(C(=O)O)cc3)CCCCC2)cc1. The summed E-state index contributed by atoms with van der Waals surface area (Å²) < 4.78 is 0. The lowest BCUT2D eigenvalue weighted by Gasteiger charge is -2.38. The fourth-order valence-corrected chi connectivity index (χ4v) is 3.76. The van der Waals surface area contributed by atoms with E-state index < -0.39 is 11.9 Å². The Bertz CT molecular complexity index is 679. The molecule has 0 aromatic heterocycles. The molecule has 124 valence electrons. The Morgan fingerprint density at radius 1 is 0.667 bits per heavy atom. The highest BCUT2D eigenvalue weighted by molar-refractivity contribution is 5.88. The predicted molar refractivity (Wildman–Crippen MR) is 90.7 cm³/mol. The summed E-state index contributed by atoms with van der Waals surface area (Å²) in [5.41, 5.74) is 2.62. The topological polar surface area (TPSA) is 74.6 Å². The Morgan fingerprint density at radius 3 is 1.38 bits per heavy atom. The zero-order valence-electron chi connectivity index (χ0n) is 13.4. The number of hydrogen-bond donors (Lipinski definition) is 2. The Kier molecular flexibility index (Phi) is 4.38. The van der Waals surface area contributed by atoms with Gasteiger partial charge < -0.3 is 10.2 Å². The van der Waals surface area contributed by atoms with E-state index in [2.05, 4.69) is 0 Å². The predicted octanol–water partition coefficient (Wildman–Crippen LogP) is 4.33. The van der Waals surface area contributed by atoms with Crippen molar-refractivity contribution in [2.75, 3.05) is 0 Å². The lowest BCUT2D eigenvalue weighted by Crippen LogP contribution is -2.30. The van der Waals surface area contributed by atoms with Gasteiger partial charge in [-0.2, -0.15) is 0 Å². The van der Waals surface area contributed by atoms with Gasteiger partial charge in [0.2, 0.25) is 0 Å². The van der Waals surface area contributed by atoms with Crippen LogP contribution in [0.3, 0.4) is 0 Å². The minimum Gasteiger partial charge on any atom is -0.478 e. The molecule has 1 fully saturated rings. The molecule has 0 radical (unpaired) electrons. The molecule has 2 N–H and O–H groups in total. The van der Waals surface area contributed by atoms with Crippen molar-refractivity contribution in [1.29, 1.82) is 0 Å². The zero-order valence-corrected chi connectivity index (χ0v) is 13.4. The van der Waals surface area contributed by atoms with Crippen LogP contribution in [0.1, 0.15) is 63.9 Å². The van der Waals surface area contributed by atoms with Gasteiger partial charge in [-0.1, -0.05) is 43.5 Å². The van der Waals surface area contributed by atoms with Gasteiger partial charge in [0, 0.05) is 5.41 Å². The summed E-state index contributed by atoms with van der Waals surface area (Å²) >= 11 is 0. The molecule has 0 saturated heterocycles. The molecule has 1 aliphatic rings. The van der Waals surface area contributed by atoms with Crippen molar-refractivity contribution in [1.82, 2.24) is 0 Å². The third-order valence-electron chi connectivity index (χ3n) is 5.08. The van der Waals surface area contributed by atoms with Crippen LogP contribution in [0.25, 0.3) is 0 Å². The first kappa shape index (κ1) is 16.2. The number of hydrogen-bond acceptors (Lipinski definition) is 2. The molecular weight excluding hydrogens is 304 g/mol. The number of rotatable bonds is 4. The highest BCUT2D eigenvalue weighted by atomic mass is 16.4. The summed E-state index contributed by atoms with van der Waals surface area (Å²) in [4.78, 5) is 22.2. The minimum absolute atomic E-state index is 0.160. The summed E-state index contributed by atoms with van der Waals surface area (Å²) in [5, 5.41) is 18.2. The van der Waals surface area contributed by atoms with E-state index in [9.17, 15) is 9.59 Å². The second kappa shape index (κ2) is 6.48. The van der Waals surface area contributed by atoms with Crippen molar-refractivity contribution in [2.45, 2.75) is 37.5 Å². The molecule has 0 amide bonds. The number of carboxylic acid groups (broad SMARTS) is 2. The maximum Gasteiger partial charge on any atom is 0.335 e. The summed E-state index contributed by atoms with van der Waals surface area (Å²) in [6, 6.07) is 14.2. The average Bonchev–Trinajstić information content (AvgIpc) is 2.62. The average molecular weight is 324 g/mol. The van der Waals surface area contributed by atoms with Gasteiger partial charge in [-0.15, -0.1) is 0 Å². The highest BCUT2D eigenvalue weighted by Crippen LogP contribution is 2.44. The third kappa shape index (κ3) is 2.92. The summed E-state index contributed by atoms with van der Waals surface area (Å²) in [7, 11) is 0. The molecule has 4 nitrogen and oxygen atoms in total. The first-order chi connectivity index (χ1) is 11.5. The van der Waals surface area contributed by atoms with Crippen LogP contribution in [0.4, 0.5) is 0 Å². The number of carboxylic acids is 2. The van der Waals surface area contributed by atoms with Crippen LogP contribution in [0.2, 0.25) is 0 Å². The van der Waals surface area contributed by atoms with E-state index in [-0.39, 0.29) is 16.5 Å². The van der Waals surface area contributed by atoms with E-state index >= 15 is 0 Å². The number of carbonyl (C=O) groups is 2. The van der Waals surface area contributed by atoms with E-state index in [0.29, 0.717) is 0 Å². The summed E-state index contributed by atoms with van der Waals surface area (Å²) in [6.45, 7) is 0. The third-order valence-corrected chi connectivity index (χ3v) is 5.08. The molecule has 0 atom stereocenters. The molecule has 0 unspecified atom stereocenters. The van der Waals surface area contributed by atoms with Gasteiger partial charge in [0.15, 0.2) is 0 Å². The minimum atomic E-state index is -0.926. The van der Waals surface area contributed by atoms with Crippen molar-refractivity contribution in [3.05, 3.63) is 70.8 Å². The first-order valence-corrected chi connectivity index (χ1v) is 8.21. The molecule has 3 rings (SSSR count). The molecule has 0 heterocycles. The quantitative estimate of drug-likeness (QED) is 0.877. The summed E-state index contributed by atoms with van der Waals surface area (Å²) in [6.07, 6.45) is 5.41. The van der Waals surface area contributed by atoms with Crippen molar-refractivity contribution in [2.24, 2.45) is 0 Å². The Balaban J connectivity index is 2.04. The van der Waals surface area contributed by atoms with Crippen molar-refractivity contribution >= 4 is 11.9 Å². The molecule has 0 aliphatic heterocycles.